The van der Waals surface area contributed by atoms with Crippen LogP contribution in [0.2, 0.25) is 0 Å². The van der Waals surface area contributed by atoms with Gasteiger partial charge in [0.1, 0.15) is 12.4 Å². The van der Waals surface area contributed by atoms with Crippen molar-refractivity contribution in [3.63, 3.8) is 0 Å². The Balaban J connectivity index is 1.25. The van der Waals surface area contributed by atoms with E-state index in [9.17, 15) is 0 Å². The number of aryl methyl sites for hydroxylation is 1. The van der Waals surface area contributed by atoms with E-state index in [2.05, 4.69) is 58.1 Å². The molecule has 7 heteroatoms. The van der Waals surface area contributed by atoms with E-state index in [1.54, 1.807) is 16.4 Å². The number of tetrazole rings is 1. The molecule has 0 atom stereocenters. The van der Waals surface area contributed by atoms with Gasteiger partial charge in [0.2, 0.25) is 5.16 Å². The number of thioether (sulfide) groups is 1. The normalized spacial score (nSPS) is 10.9. The molecule has 0 aliphatic rings. The molecule has 0 spiro atoms. The molecule has 4 rings (SSSR count). The second-order valence-electron chi connectivity index (χ2n) is 7.12. The topological polar surface area (TPSA) is 64.9 Å². The lowest BCUT2D eigenvalue weighted by Crippen LogP contribution is -2.17. The Morgan fingerprint density at radius 2 is 1.71 bits per heavy atom. The molecule has 0 unspecified atom stereocenters. The lowest BCUT2D eigenvalue weighted by atomic mass is 10.1. The number of para-hydroxylation sites is 2. The minimum atomic E-state index is 0.565. The molecule has 1 N–H and O–H groups in total. The average molecular weight is 432 g/mol. The Morgan fingerprint density at radius 1 is 0.935 bits per heavy atom. The molecule has 0 saturated heterocycles. The Bertz CT molecular complexity index is 1080. The summed E-state index contributed by atoms with van der Waals surface area (Å²) >= 11 is 1.63. The van der Waals surface area contributed by atoms with Gasteiger partial charge in [0, 0.05) is 24.4 Å². The highest BCUT2D eigenvalue weighted by atomic mass is 32.2. The van der Waals surface area contributed by atoms with E-state index in [-0.39, 0.29) is 0 Å². The van der Waals surface area contributed by atoms with Crippen molar-refractivity contribution in [2.45, 2.75) is 25.2 Å². The summed E-state index contributed by atoms with van der Waals surface area (Å²) in [6.07, 6.45) is 0. The van der Waals surface area contributed by atoms with Gasteiger partial charge < -0.3 is 10.1 Å². The van der Waals surface area contributed by atoms with Crippen LogP contribution in [0.4, 0.5) is 0 Å². The average Bonchev–Trinajstić information content (AvgIpc) is 3.28. The standard InChI is InChI=1S/C24H25N5OS/c1-19-11-13-20(14-12-19)18-30-23-10-6-5-7-21(23)17-25-15-16-31-24-26-27-28-29(24)22-8-3-2-4-9-22/h2-14,25H,15-18H2,1H3. The molecule has 0 saturated carbocycles. The van der Waals surface area contributed by atoms with Gasteiger partial charge in [-0.3, -0.25) is 0 Å². The molecule has 3 aromatic carbocycles. The minimum absolute atomic E-state index is 0.565. The zero-order valence-electron chi connectivity index (χ0n) is 17.4. The van der Waals surface area contributed by atoms with Gasteiger partial charge in [0.15, 0.2) is 0 Å². The summed E-state index contributed by atoms with van der Waals surface area (Å²) in [6.45, 7) is 4.23. The molecule has 158 valence electrons. The fourth-order valence-electron chi connectivity index (χ4n) is 3.07. The van der Waals surface area contributed by atoms with Crippen LogP contribution in [0.25, 0.3) is 5.69 Å². The van der Waals surface area contributed by atoms with Gasteiger partial charge in [-0.2, -0.15) is 4.68 Å². The van der Waals surface area contributed by atoms with Crippen LogP contribution in [0.15, 0.2) is 84.0 Å². The summed E-state index contributed by atoms with van der Waals surface area (Å²) < 4.78 is 7.83. The maximum Gasteiger partial charge on any atom is 0.214 e. The highest BCUT2D eigenvalue weighted by Gasteiger charge is 2.08. The smallest absolute Gasteiger partial charge is 0.214 e. The summed E-state index contributed by atoms with van der Waals surface area (Å²) in [6, 6.07) is 26.5. The molecule has 1 heterocycles. The van der Waals surface area contributed by atoms with E-state index >= 15 is 0 Å². The predicted octanol–water partition coefficient (Wildman–Crippen LogP) is 4.43. The second-order valence-corrected chi connectivity index (χ2v) is 8.18. The Morgan fingerprint density at radius 3 is 2.55 bits per heavy atom. The number of hydrogen-bond acceptors (Lipinski definition) is 6. The first kappa shape index (κ1) is 21.1. The lowest BCUT2D eigenvalue weighted by molar-refractivity contribution is 0.302. The SMILES string of the molecule is Cc1ccc(COc2ccccc2CNCCSc2nnnn2-c2ccccc2)cc1. The van der Waals surface area contributed by atoms with Gasteiger partial charge in [-0.25, -0.2) is 0 Å². The lowest BCUT2D eigenvalue weighted by Gasteiger charge is -2.12. The highest BCUT2D eigenvalue weighted by Crippen LogP contribution is 2.20. The molecule has 0 amide bonds. The van der Waals surface area contributed by atoms with E-state index in [4.69, 9.17) is 4.74 Å². The van der Waals surface area contributed by atoms with Crippen molar-refractivity contribution in [1.82, 2.24) is 25.5 Å². The molecule has 0 aliphatic carbocycles. The van der Waals surface area contributed by atoms with Gasteiger partial charge in [0.25, 0.3) is 0 Å². The minimum Gasteiger partial charge on any atom is -0.489 e. The van der Waals surface area contributed by atoms with Crippen LogP contribution in [0.5, 0.6) is 5.75 Å². The molecule has 0 aliphatic heterocycles. The van der Waals surface area contributed by atoms with Gasteiger partial charge in [-0.1, -0.05) is 78.0 Å². The van der Waals surface area contributed by atoms with Crippen molar-refractivity contribution >= 4 is 11.8 Å². The monoisotopic (exact) mass is 431 g/mol. The Kier molecular flexibility index (Phi) is 7.31. The van der Waals surface area contributed by atoms with Gasteiger partial charge in [-0.05, 0) is 41.1 Å². The third kappa shape index (κ3) is 5.93. The largest absolute Gasteiger partial charge is 0.489 e. The van der Waals surface area contributed by atoms with Gasteiger partial charge >= 0.3 is 0 Å². The Labute approximate surface area is 186 Å². The molecular weight excluding hydrogens is 406 g/mol. The van der Waals surface area contributed by atoms with Crippen LogP contribution in [-0.4, -0.2) is 32.5 Å². The van der Waals surface area contributed by atoms with Crippen LogP contribution >= 0.6 is 11.8 Å². The first-order chi connectivity index (χ1) is 15.3. The quantitative estimate of drug-likeness (QED) is 0.296. The van der Waals surface area contributed by atoms with Crippen molar-refractivity contribution in [1.29, 1.82) is 0 Å². The molecule has 31 heavy (non-hydrogen) atoms. The zero-order chi connectivity index (χ0) is 21.3. The number of benzene rings is 3. The van der Waals surface area contributed by atoms with Gasteiger partial charge in [0.05, 0.1) is 5.69 Å². The summed E-state index contributed by atoms with van der Waals surface area (Å²) in [5.41, 5.74) is 4.53. The molecule has 6 nitrogen and oxygen atoms in total. The third-order valence-corrected chi connectivity index (χ3v) is 5.68. The molecular formula is C24H25N5OS. The number of nitrogens with one attached hydrogen (secondary N) is 1. The molecule has 4 aromatic rings. The summed E-state index contributed by atoms with van der Waals surface area (Å²) in [4.78, 5) is 0. The van der Waals surface area contributed by atoms with Crippen molar-refractivity contribution < 1.29 is 4.74 Å². The Hall–Kier alpha value is -3.16. The summed E-state index contributed by atoms with van der Waals surface area (Å²) in [7, 11) is 0. The van der Waals surface area contributed by atoms with Crippen LogP contribution in [0.1, 0.15) is 16.7 Å². The number of hydrogen-bond donors (Lipinski definition) is 1. The summed E-state index contributed by atoms with van der Waals surface area (Å²) in [5.74, 6) is 1.77. The second kappa shape index (κ2) is 10.7. The third-order valence-electron chi connectivity index (χ3n) is 4.75. The first-order valence-electron chi connectivity index (χ1n) is 10.2. The molecule has 0 radical (unpaired) electrons. The number of ether oxygens (including phenoxy) is 1. The van der Waals surface area contributed by atoms with Crippen molar-refractivity contribution in [3.05, 3.63) is 95.6 Å². The number of nitrogens with zero attached hydrogens (tertiary/aromatic N) is 4. The molecule has 0 fully saturated rings. The maximum atomic E-state index is 6.07. The van der Waals surface area contributed by atoms with Crippen molar-refractivity contribution in [2.24, 2.45) is 0 Å². The fraction of sp³-hybridized carbons (Fsp3) is 0.208. The van der Waals surface area contributed by atoms with Crippen LogP contribution < -0.4 is 10.1 Å². The number of rotatable bonds is 10. The zero-order valence-corrected chi connectivity index (χ0v) is 18.3. The molecule has 1 aromatic heterocycles. The summed E-state index contributed by atoms with van der Waals surface area (Å²) in [5, 5.41) is 16.3. The number of aromatic nitrogens is 4. The van der Waals surface area contributed by atoms with E-state index in [0.717, 1.165) is 41.0 Å². The fourth-order valence-corrected chi connectivity index (χ4v) is 3.86. The van der Waals surface area contributed by atoms with E-state index < -0.39 is 0 Å². The van der Waals surface area contributed by atoms with Crippen molar-refractivity contribution in [2.75, 3.05) is 12.3 Å². The van der Waals surface area contributed by atoms with Crippen molar-refractivity contribution in [3.8, 4) is 11.4 Å². The maximum absolute atomic E-state index is 6.07. The van der Waals surface area contributed by atoms with E-state index in [1.165, 1.54) is 11.1 Å². The molecule has 0 bridgehead atoms. The highest BCUT2D eigenvalue weighted by molar-refractivity contribution is 7.99. The first-order valence-corrected chi connectivity index (χ1v) is 11.2. The van der Waals surface area contributed by atoms with Gasteiger partial charge in [-0.15, -0.1) is 5.10 Å². The van der Waals surface area contributed by atoms with Crippen LogP contribution in [0.3, 0.4) is 0 Å². The van der Waals surface area contributed by atoms with E-state index in [1.807, 2.05) is 48.5 Å². The van der Waals surface area contributed by atoms with Crippen LogP contribution in [0, 0.1) is 6.92 Å². The van der Waals surface area contributed by atoms with Crippen LogP contribution in [-0.2, 0) is 13.2 Å². The van der Waals surface area contributed by atoms with E-state index in [0.29, 0.717) is 6.61 Å². The predicted molar refractivity (Wildman–Crippen MR) is 124 cm³/mol.